The molecule has 1 aliphatic carbocycles. The lowest BCUT2D eigenvalue weighted by atomic mass is 9.89. The predicted molar refractivity (Wildman–Crippen MR) is 147 cm³/mol. The molecular formula is C25H25I2NO3S. The highest BCUT2D eigenvalue weighted by molar-refractivity contribution is 14.1. The number of ether oxygens (including phenoxy) is 1. The van der Waals surface area contributed by atoms with Crippen molar-refractivity contribution in [1.82, 2.24) is 4.90 Å². The van der Waals surface area contributed by atoms with E-state index in [-0.39, 0.29) is 11.1 Å². The van der Waals surface area contributed by atoms with Gasteiger partial charge in [-0.25, -0.2) is 0 Å². The lowest BCUT2D eigenvalue weighted by molar-refractivity contribution is -0.123. The van der Waals surface area contributed by atoms with E-state index in [1.807, 2.05) is 18.2 Å². The van der Waals surface area contributed by atoms with E-state index in [0.717, 1.165) is 48.6 Å². The molecule has 0 bridgehead atoms. The van der Waals surface area contributed by atoms with E-state index >= 15 is 0 Å². The van der Waals surface area contributed by atoms with E-state index in [1.165, 1.54) is 29.7 Å². The summed E-state index contributed by atoms with van der Waals surface area (Å²) in [7, 11) is 0. The Hall–Kier alpha value is -1.07. The van der Waals surface area contributed by atoms with E-state index in [4.69, 9.17) is 4.74 Å². The molecule has 168 valence electrons. The summed E-state index contributed by atoms with van der Waals surface area (Å²) in [5.41, 5.74) is 3.26. The normalized spacial score (nSPS) is 18.6. The first kappa shape index (κ1) is 24.1. The van der Waals surface area contributed by atoms with Crippen LogP contribution in [0.15, 0.2) is 41.3 Å². The van der Waals surface area contributed by atoms with Crippen LogP contribution in [0.2, 0.25) is 0 Å². The highest BCUT2D eigenvalue weighted by atomic mass is 127. The summed E-state index contributed by atoms with van der Waals surface area (Å²) in [5.74, 6) is 1.13. The summed E-state index contributed by atoms with van der Waals surface area (Å²) in [6.45, 7) is 3.13. The van der Waals surface area contributed by atoms with Crippen LogP contribution in [0.3, 0.4) is 0 Å². The molecular weight excluding hydrogens is 648 g/mol. The predicted octanol–water partition coefficient (Wildman–Crippen LogP) is 7.40. The third-order valence-corrected chi connectivity index (χ3v) is 8.37. The van der Waals surface area contributed by atoms with Crippen LogP contribution in [-0.4, -0.2) is 22.6 Å². The molecule has 32 heavy (non-hydrogen) atoms. The van der Waals surface area contributed by atoms with Gasteiger partial charge in [0.2, 0.25) is 0 Å². The monoisotopic (exact) mass is 673 g/mol. The van der Waals surface area contributed by atoms with Gasteiger partial charge in [0.05, 0.1) is 12.0 Å². The molecule has 7 heteroatoms. The highest BCUT2D eigenvalue weighted by Crippen LogP contribution is 2.36. The van der Waals surface area contributed by atoms with Gasteiger partial charge in [0, 0.05) is 6.54 Å². The highest BCUT2D eigenvalue weighted by Gasteiger charge is 2.36. The molecule has 4 nitrogen and oxygen atoms in total. The van der Waals surface area contributed by atoms with Crippen molar-refractivity contribution in [3.05, 3.63) is 65.1 Å². The Morgan fingerprint density at radius 1 is 1.06 bits per heavy atom. The molecule has 4 rings (SSSR count). The quantitative estimate of drug-likeness (QED) is 0.237. The number of imide groups is 1. The molecule has 0 atom stereocenters. The van der Waals surface area contributed by atoms with Crippen molar-refractivity contribution in [1.29, 1.82) is 0 Å². The van der Waals surface area contributed by atoms with Gasteiger partial charge in [-0.3, -0.25) is 14.5 Å². The summed E-state index contributed by atoms with van der Waals surface area (Å²) in [5, 5.41) is -0.144. The molecule has 0 N–H and O–H groups in total. The smallest absolute Gasteiger partial charge is 0.293 e. The minimum atomic E-state index is -0.157. The molecule has 1 saturated heterocycles. The van der Waals surface area contributed by atoms with Crippen molar-refractivity contribution >= 4 is 74.2 Å². The van der Waals surface area contributed by atoms with Crippen LogP contribution in [0.1, 0.15) is 48.8 Å². The fraction of sp³-hybridized carbons (Fsp3) is 0.360. The first-order valence-corrected chi connectivity index (χ1v) is 13.8. The number of benzene rings is 2. The van der Waals surface area contributed by atoms with Crippen LogP contribution >= 0.6 is 56.9 Å². The molecule has 2 aromatic carbocycles. The number of thioether (sulfide) groups is 1. The molecule has 0 unspecified atom stereocenters. The van der Waals surface area contributed by atoms with Gasteiger partial charge in [-0.15, -0.1) is 0 Å². The Labute approximate surface area is 220 Å². The van der Waals surface area contributed by atoms with Crippen molar-refractivity contribution in [2.45, 2.75) is 45.6 Å². The van der Waals surface area contributed by atoms with Gasteiger partial charge in [-0.1, -0.05) is 49.1 Å². The van der Waals surface area contributed by atoms with Crippen LogP contribution < -0.4 is 4.74 Å². The zero-order valence-electron chi connectivity index (χ0n) is 17.9. The maximum atomic E-state index is 12.9. The molecule has 0 spiro atoms. The summed E-state index contributed by atoms with van der Waals surface area (Å²) in [6.07, 6.45) is 7.72. The fourth-order valence-corrected chi connectivity index (χ4v) is 7.05. The third kappa shape index (κ3) is 5.88. The zero-order chi connectivity index (χ0) is 22.7. The minimum absolute atomic E-state index is 0.144. The molecule has 1 aliphatic heterocycles. The standard InChI is InChI=1S/C25H25I2NO3S/c1-16-7-9-18(10-8-16)15-31-23-20(26)11-19(12-21(23)27)13-22-24(29)28(25(30)32-22)14-17-5-3-2-4-6-17/h7-13,17H,2-6,14-15H2,1H3/b22-13+. The second kappa shape index (κ2) is 10.9. The van der Waals surface area contributed by atoms with Gasteiger partial charge < -0.3 is 4.74 Å². The molecule has 0 radical (unpaired) electrons. The Kier molecular flexibility index (Phi) is 8.20. The number of carbonyl (C=O) groups excluding carboxylic acids is 2. The Balaban J connectivity index is 1.45. The van der Waals surface area contributed by atoms with E-state index in [9.17, 15) is 9.59 Å². The molecule has 2 aromatic rings. The molecule has 1 heterocycles. The zero-order valence-corrected chi connectivity index (χ0v) is 23.0. The SMILES string of the molecule is Cc1ccc(COc2c(I)cc(/C=C3/SC(=O)N(CC4CCCCC4)C3=O)cc2I)cc1. The van der Waals surface area contributed by atoms with E-state index < -0.39 is 0 Å². The number of amides is 2. The Bertz CT molecular complexity index is 1020. The minimum Gasteiger partial charge on any atom is -0.487 e. The van der Waals surface area contributed by atoms with Crippen molar-refractivity contribution in [2.75, 3.05) is 6.54 Å². The fourth-order valence-electron chi connectivity index (χ4n) is 4.08. The van der Waals surface area contributed by atoms with Crippen molar-refractivity contribution < 1.29 is 14.3 Å². The van der Waals surface area contributed by atoms with Crippen molar-refractivity contribution in [3.8, 4) is 5.75 Å². The molecule has 2 fully saturated rings. The van der Waals surface area contributed by atoms with Crippen molar-refractivity contribution in [2.24, 2.45) is 5.92 Å². The summed E-state index contributed by atoms with van der Waals surface area (Å²) in [4.78, 5) is 27.3. The second-order valence-electron chi connectivity index (χ2n) is 8.38. The number of hydrogen-bond acceptors (Lipinski definition) is 4. The van der Waals surface area contributed by atoms with Gasteiger partial charge in [0.25, 0.3) is 11.1 Å². The number of rotatable bonds is 6. The van der Waals surface area contributed by atoms with Gasteiger partial charge >= 0.3 is 0 Å². The second-order valence-corrected chi connectivity index (χ2v) is 11.7. The molecule has 0 aromatic heterocycles. The lowest BCUT2D eigenvalue weighted by Gasteiger charge is -2.25. The van der Waals surface area contributed by atoms with Crippen LogP contribution in [0, 0.1) is 20.0 Å². The van der Waals surface area contributed by atoms with E-state index in [2.05, 4.69) is 76.4 Å². The summed E-state index contributed by atoms with van der Waals surface area (Å²) in [6, 6.07) is 12.3. The molecule has 1 saturated carbocycles. The van der Waals surface area contributed by atoms with Crippen LogP contribution in [-0.2, 0) is 11.4 Å². The average molecular weight is 673 g/mol. The van der Waals surface area contributed by atoms with Gasteiger partial charge in [0.15, 0.2) is 0 Å². The summed E-state index contributed by atoms with van der Waals surface area (Å²) < 4.78 is 8.05. The van der Waals surface area contributed by atoms with Crippen LogP contribution in [0.5, 0.6) is 5.75 Å². The van der Waals surface area contributed by atoms with Crippen molar-refractivity contribution in [3.63, 3.8) is 0 Å². The Morgan fingerprint density at radius 3 is 2.38 bits per heavy atom. The number of nitrogens with zero attached hydrogens (tertiary/aromatic N) is 1. The van der Waals surface area contributed by atoms with Gasteiger partial charge in [0.1, 0.15) is 12.4 Å². The lowest BCUT2D eigenvalue weighted by Crippen LogP contribution is -2.34. The molecule has 2 amide bonds. The van der Waals surface area contributed by atoms with Crippen LogP contribution in [0.4, 0.5) is 4.79 Å². The first-order chi connectivity index (χ1) is 15.4. The van der Waals surface area contributed by atoms with E-state index in [0.29, 0.717) is 24.0 Å². The maximum Gasteiger partial charge on any atom is 0.293 e. The largest absolute Gasteiger partial charge is 0.487 e. The third-order valence-electron chi connectivity index (χ3n) is 5.86. The van der Waals surface area contributed by atoms with Gasteiger partial charge in [-0.05, 0) is 112 Å². The Morgan fingerprint density at radius 2 is 1.72 bits per heavy atom. The van der Waals surface area contributed by atoms with Crippen LogP contribution in [0.25, 0.3) is 6.08 Å². The number of carbonyl (C=O) groups is 2. The first-order valence-electron chi connectivity index (χ1n) is 10.8. The number of hydrogen-bond donors (Lipinski definition) is 0. The number of halogens is 2. The average Bonchev–Trinajstić information content (AvgIpc) is 3.02. The molecule has 2 aliphatic rings. The number of aryl methyl sites for hydroxylation is 1. The maximum absolute atomic E-state index is 12.9. The van der Waals surface area contributed by atoms with Gasteiger partial charge in [-0.2, -0.15) is 0 Å². The topological polar surface area (TPSA) is 46.6 Å². The van der Waals surface area contributed by atoms with E-state index in [1.54, 1.807) is 0 Å². The summed E-state index contributed by atoms with van der Waals surface area (Å²) >= 11 is 5.59.